The van der Waals surface area contributed by atoms with Crippen molar-refractivity contribution in [2.75, 3.05) is 5.75 Å². The van der Waals surface area contributed by atoms with E-state index in [0.29, 0.717) is 16.6 Å². The second-order valence-corrected chi connectivity index (χ2v) is 7.28. The molecule has 136 valence electrons. The van der Waals surface area contributed by atoms with Crippen LogP contribution in [0.5, 0.6) is 0 Å². The van der Waals surface area contributed by atoms with Gasteiger partial charge in [0.15, 0.2) is 11.3 Å². The Balaban J connectivity index is 1.87. The predicted molar refractivity (Wildman–Crippen MR) is 109 cm³/mol. The number of thioether (sulfide) groups is 1. The van der Waals surface area contributed by atoms with Crippen LogP contribution in [-0.4, -0.2) is 21.8 Å². The third-order valence-corrected chi connectivity index (χ3v) is 5.40. The fourth-order valence-electron chi connectivity index (χ4n) is 3.17. The summed E-state index contributed by atoms with van der Waals surface area (Å²) in [5.74, 6) is 0.514. The maximum atomic E-state index is 12.9. The van der Waals surface area contributed by atoms with E-state index in [9.17, 15) is 4.79 Å². The molecule has 0 saturated carbocycles. The highest BCUT2D eigenvalue weighted by molar-refractivity contribution is 8.14. The molecule has 2 aromatic rings. The van der Waals surface area contributed by atoms with Gasteiger partial charge in [0.25, 0.3) is 5.91 Å². The van der Waals surface area contributed by atoms with E-state index < -0.39 is 0 Å². The largest absolute Gasteiger partial charge is 0.298 e. The van der Waals surface area contributed by atoms with E-state index in [1.165, 1.54) is 17.3 Å². The van der Waals surface area contributed by atoms with Gasteiger partial charge in [-0.1, -0.05) is 67.2 Å². The zero-order valence-corrected chi connectivity index (χ0v) is 15.9. The average molecular weight is 376 g/mol. The highest BCUT2D eigenvalue weighted by atomic mass is 32.2. The molecule has 0 aromatic heterocycles. The third-order valence-electron chi connectivity index (χ3n) is 4.54. The van der Waals surface area contributed by atoms with Crippen molar-refractivity contribution in [3.05, 3.63) is 82.9 Å². The Labute approximate surface area is 162 Å². The Morgan fingerprint density at radius 2 is 2.00 bits per heavy atom. The predicted octanol–water partition coefficient (Wildman–Crippen LogP) is 2.31. The van der Waals surface area contributed by atoms with E-state index in [2.05, 4.69) is 43.1 Å². The smallest absolute Gasteiger partial charge is 0.276 e. The molecule has 5 nitrogen and oxygen atoms in total. The lowest BCUT2D eigenvalue weighted by Gasteiger charge is -2.34. The number of rotatable bonds is 4. The van der Waals surface area contributed by atoms with Gasteiger partial charge in [-0.25, -0.2) is 5.01 Å². The monoisotopic (exact) mass is 376 g/mol. The number of carbonyl (C=O) groups is 1. The minimum absolute atomic E-state index is 0.158. The number of amides is 1. The molecule has 27 heavy (non-hydrogen) atoms. The lowest BCUT2D eigenvalue weighted by molar-refractivity contribution is -0.116. The lowest BCUT2D eigenvalue weighted by Crippen LogP contribution is -2.50. The summed E-state index contributed by atoms with van der Waals surface area (Å²) in [5.41, 5.74) is 2.81. The standard InChI is InChI=1S/C21H20N4OS/c1-3-13-27-21-23-20(26)18-16-7-5-6-8-17(16)22-19(25(18)24-21)15-11-9-14(4-2)10-12-15/h3,5-12,19H,1,4,13H2,2H3,(H,23,24,26). The molecule has 0 bridgehead atoms. The van der Waals surface area contributed by atoms with E-state index in [1.54, 1.807) is 11.1 Å². The van der Waals surface area contributed by atoms with Crippen molar-refractivity contribution in [3.63, 3.8) is 0 Å². The summed E-state index contributed by atoms with van der Waals surface area (Å²) in [7, 11) is 0. The quantitative estimate of drug-likeness (QED) is 0.833. The number of hydrogen-bond donors (Lipinski definition) is 1. The first-order chi connectivity index (χ1) is 13.2. The first-order valence-electron chi connectivity index (χ1n) is 8.90. The number of hydrogen-bond acceptors (Lipinski definition) is 5. The molecule has 0 fully saturated rings. The molecule has 0 spiro atoms. The third kappa shape index (κ3) is 3.28. The molecule has 2 heterocycles. The molecule has 2 aliphatic rings. The van der Waals surface area contributed by atoms with Gasteiger partial charge in [0.05, 0.1) is 5.36 Å². The second-order valence-electron chi connectivity index (χ2n) is 6.27. The number of amidine groups is 1. The van der Waals surface area contributed by atoms with Crippen LogP contribution >= 0.6 is 11.8 Å². The molecular weight excluding hydrogens is 356 g/mol. The Hall–Kier alpha value is -2.86. The van der Waals surface area contributed by atoms with Crippen molar-refractivity contribution >= 4 is 28.5 Å². The Kier molecular flexibility index (Phi) is 4.81. The van der Waals surface area contributed by atoms with Gasteiger partial charge in [0.2, 0.25) is 0 Å². The summed E-state index contributed by atoms with van der Waals surface area (Å²) in [6.45, 7) is 5.86. The summed E-state index contributed by atoms with van der Waals surface area (Å²) in [5, 5.41) is 11.5. The van der Waals surface area contributed by atoms with Crippen molar-refractivity contribution in [2.24, 2.45) is 10.1 Å². The highest BCUT2D eigenvalue weighted by Gasteiger charge is 2.34. The SMILES string of the molecule is C=CCSC1=NN2C(=c3ccccc3=NC2c2ccc(CC)cc2)C(=O)N1. The number of aryl methyl sites for hydroxylation is 1. The minimum atomic E-state index is -0.369. The summed E-state index contributed by atoms with van der Waals surface area (Å²) >= 11 is 1.44. The van der Waals surface area contributed by atoms with Gasteiger partial charge < -0.3 is 0 Å². The Morgan fingerprint density at radius 3 is 2.74 bits per heavy atom. The number of carbonyl (C=O) groups excluding carboxylic acids is 1. The van der Waals surface area contributed by atoms with E-state index in [-0.39, 0.29) is 12.1 Å². The summed E-state index contributed by atoms with van der Waals surface area (Å²) in [6, 6.07) is 16.0. The second kappa shape index (κ2) is 7.40. The summed E-state index contributed by atoms with van der Waals surface area (Å²) < 4.78 is 0. The molecule has 0 saturated heterocycles. The fourth-order valence-corrected chi connectivity index (χ4v) is 3.76. The summed E-state index contributed by atoms with van der Waals surface area (Å²) in [4.78, 5) is 17.8. The van der Waals surface area contributed by atoms with Crippen LogP contribution in [0.1, 0.15) is 24.2 Å². The number of benzene rings is 2. The molecule has 1 N–H and O–H groups in total. The van der Waals surface area contributed by atoms with E-state index in [1.807, 2.05) is 24.3 Å². The molecule has 1 amide bonds. The van der Waals surface area contributed by atoms with Crippen LogP contribution in [0.3, 0.4) is 0 Å². The maximum absolute atomic E-state index is 12.9. The summed E-state index contributed by atoms with van der Waals surface area (Å²) in [6.07, 6.45) is 2.40. The van der Waals surface area contributed by atoms with Crippen LogP contribution in [0.15, 0.2) is 71.3 Å². The topological polar surface area (TPSA) is 57.1 Å². The zero-order valence-electron chi connectivity index (χ0n) is 15.1. The Morgan fingerprint density at radius 1 is 1.22 bits per heavy atom. The van der Waals surface area contributed by atoms with Crippen LogP contribution in [0.2, 0.25) is 0 Å². The molecule has 4 rings (SSSR count). The van der Waals surface area contributed by atoms with Gasteiger partial charge in [-0.3, -0.25) is 15.1 Å². The number of para-hydroxylation sites is 1. The van der Waals surface area contributed by atoms with Crippen molar-refractivity contribution in [2.45, 2.75) is 19.5 Å². The maximum Gasteiger partial charge on any atom is 0.276 e. The number of nitrogens with zero attached hydrogens (tertiary/aromatic N) is 3. The number of hydrazone groups is 1. The minimum Gasteiger partial charge on any atom is -0.298 e. The average Bonchev–Trinajstić information content (AvgIpc) is 2.71. The normalized spacial score (nSPS) is 18.0. The first-order valence-corrected chi connectivity index (χ1v) is 9.88. The van der Waals surface area contributed by atoms with Crippen molar-refractivity contribution in [3.8, 4) is 0 Å². The van der Waals surface area contributed by atoms with Crippen LogP contribution in [0.4, 0.5) is 0 Å². The van der Waals surface area contributed by atoms with Crippen LogP contribution in [-0.2, 0) is 11.2 Å². The van der Waals surface area contributed by atoms with Crippen LogP contribution in [0, 0.1) is 0 Å². The van der Waals surface area contributed by atoms with Gasteiger partial charge in [-0.15, -0.1) is 11.7 Å². The lowest BCUT2D eigenvalue weighted by atomic mass is 10.1. The fraction of sp³-hybridized carbons (Fsp3) is 0.190. The van der Waals surface area contributed by atoms with Crippen LogP contribution in [0.25, 0.3) is 5.70 Å². The number of fused-ring (bicyclic) bond motifs is 2. The molecule has 2 aromatic carbocycles. The molecule has 0 aliphatic carbocycles. The molecule has 6 heteroatoms. The van der Waals surface area contributed by atoms with Gasteiger partial charge in [-0.2, -0.15) is 0 Å². The van der Waals surface area contributed by atoms with Gasteiger partial charge >= 0.3 is 0 Å². The van der Waals surface area contributed by atoms with Crippen LogP contribution < -0.4 is 15.9 Å². The van der Waals surface area contributed by atoms with Gasteiger partial charge in [0.1, 0.15) is 5.70 Å². The molecule has 1 atom stereocenters. The zero-order chi connectivity index (χ0) is 18.8. The van der Waals surface area contributed by atoms with E-state index >= 15 is 0 Å². The molecular formula is C21H20N4OS. The Bertz CT molecular complexity index is 1040. The van der Waals surface area contributed by atoms with E-state index in [0.717, 1.165) is 22.6 Å². The molecule has 0 radical (unpaired) electrons. The number of nitrogens with one attached hydrogen (secondary N) is 1. The molecule has 2 aliphatic heterocycles. The van der Waals surface area contributed by atoms with Crippen molar-refractivity contribution in [1.29, 1.82) is 0 Å². The van der Waals surface area contributed by atoms with Crippen molar-refractivity contribution < 1.29 is 4.79 Å². The van der Waals surface area contributed by atoms with Gasteiger partial charge in [0, 0.05) is 11.0 Å². The van der Waals surface area contributed by atoms with Crippen molar-refractivity contribution in [1.82, 2.24) is 10.3 Å². The first kappa shape index (κ1) is 17.5. The molecule has 1 unspecified atom stereocenters. The highest BCUT2D eigenvalue weighted by Crippen LogP contribution is 2.30. The van der Waals surface area contributed by atoms with E-state index in [4.69, 9.17) is 10.1 Å². The van der Waals surface area contributed by atoms with Gasteiger partial charge in [-0.05, 0) is 23.6 Å².